The number of aromatic amines is 1. The van der Waals surface area contributed by atoms with E-state index in [0.717, 1.165) is 29.7 Å². The van der Waals surface area contributed by atoms with Gasteiger partial charge in [-0.2, -0.15) is 4.68 Å². The summed E-state index contributed by atoms with van der Waals surface area (Å²) in [7, 11) is 0. The minimum Gasteiger partial charge on any atom is -0.361 e. The van der Waals surface area contributed by atoms with E-state index in [-0.39, 0.29) is 5.91 Å². The lowest BCUT2D eigenvalue weighted by atomic mass is 10.1. The maximum Gasteiger partial charge on any atom is 0.224 e. The van der Waals surface area contributed by atoms with Crippen LogP contribution in [0.1, 0.15) is 18.4 Å². The normalized spacial score (nSPS) is 11.0. The van der Waals surface area contributed by atoms with Crippen LogP contribution in [-0.2, 0) is 11.2 Å². The number of thioether (sulfide) groups is 1. The first-order valence-electron chi connectivity index (χ1n) is 9.02. The van der Waals surface area contributed by atoms with Crippen LogP contribution in [0.5, 0.6) is 0 Å². The maximum absolute atomic E-state index is 12.4. The minimum atomic E-state index is -0.00111. The number of benzene rings is 2. The van der Waals surface area contributed by atoms with E-state index in [1.165, 1.54) is 22.7 Å². The van der Waals surface area contributed by atoms with E-state index in [1.54, 1.807) is 4.68 Å². The van der Waals surface area contributed by atoms with E-state index in [4.69, 9.17) is 0 Å². The molecule has 0 aliphatic heterocycles. The van der Waals surface area contributed by atoms with Gasteiger partial charge in [-0.15, -0.1) is 5.10 Å². The molecule has 0 spiro atoms. The molecule has 0 unspecified atom stereocenters. The van der Waals surface area contributed by atoms with Gasteiger partial charge in [0.15, 0.2) is 0 Å². The predicted molar refractivity (Wildman–Crippen MR) is 111 cm³/mol. The van der Waals surface area contributed by atoms with Crippen molar-refractivity contribution in [3.63, 3.8) is 0 Å². The fourth-order valence-electron chi connectivity index (χ4n) is 3.18. The lowest BCUT2D eigenvalue weighted by Crippen LogP contribution is -2.12. The first-order valence-corrected chi connectivity index (χ1v) is 10.2. The Balaban J connectivity index is 1.36. The number of nitrogens with one attached hydrogen (secondary N) is 2. The number of amides is 1. The molecule has 4 rings (SSSR count). The summed E-state index contributed by atoms with van der Waals surface area (Å²) in [5, 5.41) is 16.5. The third-order valence-corrected chi connectivity index (χ3v) is 5.14. The largest absolute Gasteiger partial charge is 0.361 e. The molecule has 28 heavy (non-hydrogen) atoms. The van der Waals surface area contributed by atoms with Crippen molar-refractivity contribution >= 4 is 34.3 Å². The van der Waals surface area contributed by atoms with Crippen molar-refractivity contribution in [2.24, 2.45) is 0 Å². The number of hydrogen-bond acceptors (Lipinski definition) is 5. The molecular formula is C20H20N6OS. The number of nitrogens with zero attached hydrogens (tertiary/aromatic N) is 4. The third-order valence-electron chi connectivity index (χ3n) is 4.52. The minimum absolute atomic E-state index is 0.00111. The summed E-state index contributed by atoms with van der Waals surface area (Å²) in [6.45, 7) is 0. The molecule has 0 fully saturated rings. The Kier molecular flexibility index (Phi) is 5.38. The second-order valence-corrected chi connectivity index (χ2v) is 7.16. The van der Waals surface area contributed by atoms with Gasteiger partial charge in [0, 0.05) is 29.2 Å². The lowest BCUT2D eigenvalue weighted by Gasteiger charge is -2.08. The summed E-state index contributed by atoms with van der Waals surface area (Å²) in [6, 6.07) is 15.7. The fourth-order valence-corrected chi connectivity index (χ4v) is 3.62. The van der Waals surface area contributed by atoms with Gasteiger partial charge in [0.25, 0.3) is 0 Å². The van der Waals surface area contributed by atoms with Crippen molar-refractivity contribution in [2.75, 3.05) is 11.6 Å². The van der Waals surface area contributed by atoms with Gasteiger partial charge in [-0.05, 0) is 59.4 Å². The van der Waals surface area contributed by atoms with E-state index in [1.807, 2.05) is 48.9 Å². The Morgan fingerprint density at radius 1 is 1.21 bits per heavy atom. The molecule has 142 valence electrons. The summed E-state index contributed by atoms with van der Waals surface area (Å²) in [5.74, 6) is -0.00111. The second-order valence-electron chi connectivity index (χ2n) is 6.39. The number of para-hydroxylation sites is 1. The van der Waals surface area contributed by atoms with Gasteiger partial charge in [-0.3, -0.25) is 4.79 Å². The summed E-state index contributed by atoms with van der Waals surface area (Å²) in [4.78, 5) is 15.6. The Morgan fingerprint density at radius 3 is 3.00 bits per heavy atom. The molecule has 7 nitrogen and oxygen atoms in total. The number of hydrogen-bond donors (Lipinski definition) is 2. The number of aryl methyl sites for hydroxylation is 1. The van der Waals surface area contributed by atoms with Gasteiger partial charge in [0.1, 0.15) is 0 Å². The highest BCUT2D eigenvalue weighted by molar-refractivity contribution is 7.98. The molecule has 1 amide bonds. The molecule has 2 heterocycles. The lowest BCUT2D eigenvalue weighted by molar-refractivity contribution is -0.116. The van der Waals surface area contributed by atoms with E-state index in [2.05, 4.69) is 38.0 Å². The third kappa shape index (κ3) is 3.91. The van der Waals surface area contributed by atoms with Crippen molar-refractivity contribution in [1.82, 2.24) is 25.2 Å². The maximum atomic E-state index is 12.4. The van der Waals surface area contributed by atoms with Crippen molar-refractivity contribution in [2.45, 2.75) is 24.4 Å². The molecule has 8 heteroatoms. The number of carbonyl (C=O) groups excluding carboxylic acids is 1. The van der Waals surface area contributed by atoms with Crippen LogP contribution in [0.15, 0.2) is 59.9 Å². The Bertz CT molecular complexity index is 1100. The monoisotopic (exact) mass is 392 g/mol. The highest BCUT2D eigenvalue weighted by Gasteiger charge is 2.09. The number of carbonyl (C=O) groups is 1. The molecule has 2 N–H and O–H groups in total. The molecule has 0 bridgehead atoms. The predicted octanol–water partition coefficient (Wildman–Crippen LogP) is 3.83. The highest BCUT2D eigenvalue weighted by atomic mass is 32.2. The van der Waals surface area contributed by atoms with Crippen LogP contribution in [0, 0.1) is 0 Å². The number of tetrazole rings is 1. The van der Waals surface area contributed by atoms with E-state index < -0.39 is 0 Å². The zero-order valence-electron chi connectivity index (χ0n) is 15.4. The molecule has 0 aliphatic carbocycles. The number of H-pyrrole nitrogens is 1. The topological polar surface area (TPSA) is 88.5 Å². The molecule has 0 saturated heterocycles. The molecule has 0 saturated carbocycles. The van der Waals surface area contributed by atoms with Gasteiger partial charge in [0.2, 0.25) is 11.1 Å². The van der Waals surface area contributed by atoms with Crippen LogP contribution in [0.25, 0.3) is 16.6 Å². The van der Waals surface area contributed by atoms with Gasteiger partial charge in [-0.25, -0.2) is 0 Å². The Labute approximate surface area is 166 Å². The zero-order valence-corrected chi connectivity index (χ0v) is 16.2. The Hall–Kier alpha value is -3.13. The van der Waals surface area contributed by atoms with Crippen LogP contribution >= 0.6 is 11.8 Å². The number of fused-ring (bicyclic) bond motifs is 1. The van der Waals surface area contributed by atoms with Gasteiger partial charge < -0.3 is 10.3 Å². The average molecular weight is 392 g/mol. The average Bonchev–Trinajstić information content (AvgIpc) is 3.35. The van der Waals surface area contributed by atoms with E-state index in [0.29, 0.717) is 11.6 Å². The number of anilines is 1. The van der Waals surface area contributed by atoms with Gasteiger partial charge in [0.05, 0.1) is 5.69 Å². The van der Waals surface area contributed by atoms with Gasteiger partial charge in [-0.1, -0.05) is 36.0 Å². The standard InChI is InChI=1S/C20H20N6OS/c1-28-20-23-24-25-26(20)16-8-5-7-15(12-16)22-19(27)11-4-6-14-13-21-18-10-3-2-9-17(14)18/h2-3,5,7-10,12-13,21H,4,6,11H2,1H3,(H,22,27). The first-order chi connectivity index (χ1) is 13.7. The van der Waals surface area contributed by atoms with Crippen LogP contribution < -0.4 is 5.32 Å². The van der Waals surface area contributed by atoms with Crippen molar-refractivity contribution < 1.29 is 4.79 Å². The van der Waals surface area contributed by atoms with E-state index >= 15 is 0 Å². The molecule has 2 aromatic carbocycles. The van der Waals surface area contributed by atoms with Gasteiger partial charge >= 0.3 is 0 Å². The van der Waals surface area contributed by atoms with Crippen LogP contribution in [0.2, 0.25) is 0 Å². The quantitative estimate of drug-likeness (QED) is 0.467. The summed E-state index contributed by atoms with van der Waals surface area (Å²) < 4.78 is 1.65. The zero-order chi connectivity index (χ0) is 19.3. The van der Waals surface area contributed by atoms with Crippen molar-refractivity contribution in [1.29, 1.82) is 0 Å². The summed E-state index contributed by atoms with van der Waals surface area (Å²) in [5.41, 5.74) is 3.92. The smallest absolute Gasteiger partial charge is 0.224 e. The second kappa shape index (κ2) is 8.26. The fraction of sp³-hybridized carbons (Fsp3) is 0.200. The van der Waals surface area contributed by atoms with Crippen molar-refractivity contribution in [3.05, 3.63) is 60.3 Å². The summed E-state index contributed by atoms with van der Waals surface area (Å²) in [6.07, 6.45) is 6.06. The van der Waals surface area contributed by atoms with E-state index in [9.17, 15) is 4.79 Å². The van der Waals surface area contributed by atoms with Crippen LogP contribution in [-0.4, -0.2) is 37.4 Å². The number of rotatable bonds is 7. The molecule has 2 aromatic heterocycles. The number of aromatic nitrogens is 5. The first kappa shape index (κ1) is 18.2. The molecule has 0 aliphatic rings. The summed E-state index contributed by atoms with van der Waals surface area (Å²) >= 11 is 1.46. The molecule has 0 radical (unpaired) electrons. The highest BCUT2D eigenvalue weighted by Crippen LogP contribution is 2.21. The van der Waals surface area contributed by atoms with Crippen LogP contribution in [0.4, 0.5) is 5.69 Å². The molecule has 0 atom stereocenters. The van der Waals surface area contributed by atoms with Crippen molar-refractivity contribution in [3.8, 4) is 5.69 Å². The Morgan fingerprint density at radius 2 is 2.11 bits per heavy atom. The van der Waals surface area contributed by atoms with Crippen LogP contribution in [0.3, 0.4) is 0 Å². The molecule has 4 aromatic rings. The SMILES string of the molecule is CSc1nnnn1-c1cccc(NC(=O)CCCc2c[nH]c3ccccc23)c1. The molecular weight excluding hydrogens is 372 g/mol.